The lowest BCUT2D eigenvalue weighted by atomic mass is 10.2. The molecule has 1 aromatic heterocycles. The number of fused-ring (bicyclic) bond motifs is 1. The van der Waals surface area contributed by atoms with Crippen LogP contribution in [0, 0.1) is 0 Å². The Balaban J connectivity index is 2.53. The number of hydrogen-bond donors (Lipinski definition) is 0. The maximum absolute atomic E-state index is 10.9. The van der Waals surface area contributed by atoms with Crippen LogP contribution in [-0.2, 0) is 7.05 Å². The zero-order valence-electron chi connectivity index (χ0n) is 9.73. The van der Waals surface area contributed by atoms with Crippen molar-refractivity contribution in [3.05, 3.63) is 30.0 Å². The van der Waals surface area contributed by atoms with Crippen molar-refractivity contribution >= 4 is 17.2 Å². The summed E-state index contributed by atoms with van der Waals surface area (Å²) in [5, 5.41) is 0.966. The van der Waals surface area contributed by atoms with Crippen LogP contribution in [-0.4, -0.2) is 17.0 Å². The monoisotopic (exact) mass is 217 g/mol. The van der Waals surface area contributed by atoms with Crippen LogP contribution >= 0.6 is 0 Å². The molecule has 0 atom stereocenters. The second-order valence-electron chi connectivity index (χ2n) is 4.16. The molecule has 0 fully saturated rings. The van der Waals surface area contributed by atoms with Gasteiger partial charge < -0.3 is 9.30 Å². The lowest BCUT2D eigenvalue weighted by Crippen LogP contribution is -2.05. The van der Waals surface area contributed by atoms with Gasteiger partial charge in [-0.15, -0.1) is 0 Å². The molecule has 16 heavy (non-hydrogen) atoms. The number of carbonyl (C=O) groups excluding carboxylic acids is 1. The van der Waals surface area contributed by atoms with E-state index in [1.807, 2.05) is 49.9 Å². The van der Waals surface area contributed by atoms with Crippen molar-refractivity contribution in [2.75, 3.05) is 0 Å². The first-order valence-corrected chi connectivity index (χ1v) is 5.32. The third-order valence-corrected chi connectivity index (χ3v) is 2.49. The Kier molecular flexibility index (Phi) is 2.69. The van der Waals surface area contributed by atoms with Gasteiger partial charge in [0.15, 0.2) is 6.29 Å². The molecule has 0 radical (unpaired) electrons. The molecule has 0 spiro atoms. The normalized spacial score (nSPS) is 11.0. The molecule has 3 heteroatoms. The van der Waals surface area contributed by atoms with Gasteiger partial charge in [-0.2, -0.15) is 0 Å². The van der Waals surface area contributed by atoms with Gasteiger partial charge in [0, 0.05) is 30.3 Å². The molecule has 0 saturated heterocycles. The summed E-state index contributed by atoms with van der Waals surface area (Å²) >= 11 is 0. The highest BCUT2D eigenvalue weighted by Gasteiger charge is 2.07. The molecule has 0 N–H and O–H groups in total. The van der Waals surface area contributed by atoms with Crippen molar-refractivity contribution in [3.8, 4) is 5.75 Å². The molecule has 0 saturated carbocycles. The van der Waals surface area contributed by atoms with E-state index in [4.69, 9.17) is 4.74 Å². The van der Waals surface area contributed by atoms with Crippen LogP contribution in [0.1, 0.15) is 24.2 Å². The molecular weight excluding hydrogens is 202 g/mol. The third kappa shape index (κ3) is 1.81. The van der Waals surface area contributed by atoms with Crippen LogP contribution in [0.3, 0.4) is 0 Å². The van der Waals surface area contributed by atoms with Crippen molar-refractivity contribution < 1.29 is 9.53 Å². The molecule has 0 aliphatic rings. The molecule has 0 amide bonds. The molecule has 0 aliphatic heterocycles. The van der Waals surface area contributed by atoms with Crippen LogP contribution in [0.15, 0.2) is 24.4 Å². The molecule has 1 aromatic carbocycles. The van der Waals surface area contributed by atoms with Gasteiger partial charge in [-0.1, -0.05) is 0 Å². The van der Waals surface area contributed by atoms with Gasteiger partial charge in [0.05, 0.1) is 11.6 Å². The van der Waals surface area contributed by atoms with E-state index >= 15 is 0 Å². The van der Waals surface area contributed by atoms with E-state index in [0.29, 0.717) is 5.56 Å². The molecule has 0 bridgehead atoms. The Bertz CT molecular complexity index is 526. The lowest BCUT2D eigenvalue weighted by Gasteiger charge is -2.09. The third-order valence-electron chi connectivity index (χ3n) is 2.49. The number of aldehydes is 1. The maximum atomic E-state index is 10.9. The number of nitrogens with zero attached hydrogens (tertiary/aromatic N) is 1. The molecule has 1 heterocycles. The summed E-state index contributed by atoms with van der Waals surface area (Å²) in [5.41, 5.74) is 1.73. The van der Waals surface area contributed by atoms with Crippen molar-refractivity contribution in [1.82, 2.24) is 4.57 Å². The lowest BCUT2D eigenvalue weighted by molar-refractivity contribution is 0.112. The van der Waals surface area contributed by atoms with Gasteiger partial charge in [-0.3, -0.25) is 4.79 Å². The van der Waals surface area contributed by atoms with E-state index in [0.717, 1.165) is 22.9 Å². The zero-order valence-corrected chi connectivity index (χ0v) is 9.73. The first kappa shape index (κ1) is 10.7. The van der Waals surface area contributed by atoms with Crippen molar-refractivity contribution in [3.63, 3.8) is 0 Å². The fourth-order valence-corrected chi connectivity index (χ4v) is 1.83. The van der Waals surface area contributed by atoms with Crippen LogP contribution in [0.2, 0.25) is 0 Å². The fraction of sp³-hybridized carbons (Fsp3) is 0.308. The SMILES string of the molecule is CC(C)Oc1ccc2c(C=O)cn(C)c2c1. The fourth-order valence-electron chi connectivity index (χ4n) is 1.83. The topological polar surface area (TPSA) is 31.2 Å². The summed E-state index contributed by atoms with van der Waals surface area (Å²) in [6.45, 7) is 3.98. The molecule has 2 rings (SSSR count). The summed E-state index contributed by atoms with van der Waals surface area (Å²) in [7, 11) is 1.93. The highest BCUT2D eigenvalue weighted by molar-refractivity contribution is 5.98. The first-order chi connectivity index (χ1) is 7.61. The zero-order chi connectivity index (χ0) is 11.7. The van der Waals surface area contributed by atoms with Crippen LogP contribution < -0.4 is 4.74 Å². The molecule has 0 aliphatic carbocycles. The second-order valence-corrected chi connectivity index (χ2v) is 4.16. The molecule has 0 unspecified atom stereocenters. The van der Waals surface area contributed by atoms with Gasteiger partial charge in [-0.25, -0.2) is 0 Å². The van der Waals surface area contributed by atoms with Crippen molar-refractivity contribution in [1.29, 1.82) is 0 Å². The minimum Gasteiger partial charge on any atom is -0.491 e. The van der Waals surface area contributed by atoms with E-state index in [2.05, 4.69) is 0 Å². The quantitative estimate of drug-likeness (QED) is 0.740. The number of benzene rings is 1. The largest absolute Gasteiger partial charge is 0.491 e. The Morgan fingerprint density at radius 2 is 2.12 bits per heavy atom. The Morgan fingerprint density at radius 3 is 2.75 bits per heavy atom. The molecule has 84 valence electrons. The number of hydrogen-bond acceptors (Lipinski definition) is 2. The van der Waals surface area contributed by atoms with E-state index in [1.165, 1.54) is 0 Å². The van der Waals surface area contributed by atoms with Gasteiger partial charge in [0.1, 0.15) is 5.75 Å². The average Bonchev–Trinajstić information content (AvgIpc) is 2.55. The molecular formula is C13H15NO2. The smallest absolute Gasteiger partial charge is 0.152 e. The van der Waals surface area contributed by atoms with Gasteiger partial charge >= 0.3 is 0 Å². The van der Waals surface area contributed by atoms with Crippen LogP contribution in [0.5, 0.6) is 5.75 Å². The summed E-state index contributed by atoms with van der Waals surface area (Å²) < 4.78 is 7.56. The summed E-state index contributed by atoms with van der Waals surface area (Å²) in [4.78, 5) is 10.9. The van der Waals surface area contributed by atoms with Crippen LogP contribution in [0.25, 0.3) is 10.9 Å². The molecule has 3 nitrogen and oxygen atoms in total. The predicted octanol–water partition coefficient (Wildman–Crippen LogP) is 2.78. The Morgan fingerprint density at radius 1 is 1.38 bits per heavy atom. The summed E-state index contributed by atoms with van der Waals surface area (Å²) in [5.74, 6) is 0.834. The van der Waals surface area contributed by atoms with Gasteiger partial charge in [0.25, 0.3) is 0 Å². The molecule has 2 aromatic rings. The van der Waals surface area contributed by atoms with Crippen LogP contribution in [0.4, 0.5) is 0 Å². The van der Waals surface area contributed by atoms with E-state index in [-0.39, 0.29) is 6.10 Å². The summed E-state index contributed by atoms with van der Waals surface area (Å²) in [6, 6.07) is 5.79. The maximum Gasteiger partial charge on any atom is 0.152 e. The highest BCUT2D eigenvalue weighted by Crippen LogP contribution is 2.24. The number of carbonyl (C=O) groups is 1. The van der Waals surface area contributed by atoms with Gasteiger partial charge in [0.2, 0.25) is 0 Å². The van der Waals surface area contributed by atoms with Crippen molar-refractivity contribution in [2.45, 2.75) is 20.0 Å². The summed E-state index contributed by atoms with van der Waals surface area (Å²) in [6.07, 6.45) is 2.87. The highest BCUT2D eigenvalue weighted by atomic mass is 16.5. The first-order valence-electron chi connectivity index (χ1n) is 5.32. The van der Waals surface area contributed by atoms with Crippen molar-refractivity contribution in [2.24, 2.45) is 7.05 Å². The number of ether oxygens (including phenoxy) is 1. The van der Waals surface area contributed by atoms with E-state index in [9.17, 15) is 4.79 Å². The standard InChI is InChI=1S/C13H15NO2/c1-9(2)16-11-4-5-12-10(8-15)7-14(3)13(12)6-11/h4-9H,1-3H3. The Hall–Kier alpha value is -1.77. The Labute approximate surface area is 94.6 Å². The predicted molar refractivity (Wildman–Crippen MR) is 64.1 cm³/mol. The van der Waals surface area contributed by atoms with E-state index in [1.54, 1.807) is 0 Å². The van der Waals surface area contributed by atoms with E-state index < -0.39 is 0 Å². The number of rotatable bonds is 3. The number of aromatic nitrogens is 1. The van der Waals surface area contributed by atoms with Gasteiger partial charge in [-0.05, 0) is 26.0 Å². The minimum absolute atomic E-state index is 0.156. The minimum atomic E-state index is 0.156. The second kappa shape index (κ2) is 4.00. The average molecular weight is 217 g/mol. The number of aryl methyl sites for hydroxylation is 1.